The van der Waals surface area contributed by atoms with Gasteiger partial charge in [-0.2, -0.15) is 0 Å². The Bertz CT molecular complexity index is 652. The van der Waals surface area contributed by atoms with E-state index in [-0.39, 0.29) is 11.8 Å². The fourth-order valence-corrected chi connectivity index (χ4v) is 6.75. The van der Waals surface area contributed by atoms with E-state index in [2.05, 4.69) is 32.6 Å². The van der Waals surface area contributed by atoms with Gasteiger partial charge in [0, 0.05) is 61.1 Å². The van der Waals surface area contributed by atoms with E-state index in [1.54, 1.807) is 42.7 Å². The maximum atomic E-state index is 5.65. The van der Waals surface area contributed by atoms with Crippen LogP contribution in [0, 0.1) is 11.8 Å². The molecule has 3 unspecified atom stereocenters. The molecule has 1 aliphatic rings. The first-order chi connectivity index (χ1) is 23.4. The molecule has 0 aromatic rings. The summed E-state index contributed by atoms with van der Waals surface area (Å²) < 4.78 is 44.5. The minimum atomic E-state index is -0.941. The fourth-order valence-electron chi connectivity index (χ4n) is 6.75. The molecule has 0 saturated carbocycles. The average molecular weight is 692 g/mol. The van der Waals surface area contributed by atoms with E-state index < -0.39 is 11.9 Å². The molecule has 9 nitrogen and oxygen atoms in total. The predicted molar refractivity (Wildman–Crippen MR) is 197 cm³/mol. The Labute approximate surface area is 297 Å². The monoisotopic (exact) mass is 692 g/mol. The van der Waals surface area contributed by atoms with Crippen LogP contribution in [0.15, 0.2) is 0 Å². The summed E-state index contributed by atoms with van der Waals surface area (Å²) in [5, 5.41) is 0. The zero-order valence-electron chi connectivity index (χ0n) is 33.4. The molecule has 3 atom stereocenters. The second-order valence-electron chi connectivity index (χ2n) is 13.3. The molecular weight excluding hydrogens is 610 g/mol. The Morgan fingerprint density at radius 3 is 1.29 bits per heavy atom. The lowest BCUT2D eigenvalue weighted by atomic mass is 9.92. The molecule has 0 aromatic carbocycles. The number of unbranched alkanes of at least 4 members (excludes halogenated alkanes) is 10. The van der Waals surface area contributed by atoms with E-state index in [9.17, 15) is 0 Å². The second kappa shape index (κ2) is 31.4. The molecule has 1 rings (SSSR count). The van der Waals surface area contributed by atoms with E-state index in [1.165, 1.54) is 77.0 Å². The lowest BCUT2D eigenvalue weighted by Gasteiger charge is -2.37. The smallest absolute Gasteiger partial charge is 0.285 e. The van der Waals surface area contributed by atoms with E-state index in [1.807, 2.05) is 0 Å². The van der Waals surface area contributed by atoms with Crippen molar-refractivity contribution in [3.8, 4) is 0 Å². The largest absolute Gasteiger partial charge is 0.379 e. The molecular formula is C39H81NO8. The molecule has 0 aliphatic carbocycles. The van der Waals surface area contributed by atoms with Gasteiger partial charge in [-0.15, -0.1) is 0 Å². The second-order valence-corrected chi connectivity index (χ2v) is 13.3. The minimum absolute atomic E-state index is 0.212. The normalized spacial score (nSPS) is 16.2. The van der Waals surface area contributed by atoms with Gasteiger partial charge in [-0.05, 0) is 58.2 Å². The quantitative estimate of drug-likeness (QED) is 0.0373. The van der Waals surface area contributed by atoms with Gasteiger partial charge in [-0.3, -0.25) is 0 Å². The molecule has 0 bridgehead atoms. The minimum Gasteiger partial charge on any atom is -0.379 e. The molecule has 9 heteroatoms. The van der Waals surface area contributed by atoms with Crippen LogP contribution in [-0.4, -0.2) is 105 Å². The van der Waals surface area contributed by atoms with Gasteiger partial charge in [0.2, 0.25) is 0 Å². The molecule has 1 heterocycles. The third-order valence-corrected chi connectivity index (χ3v) is 9.99. The van der Waals surface area contributed by atoms with Crippen molar-refractivity contribution in [3.63, 3.8) is 0 Å². The van der Waals surface area contributed by atoms with Gasteiger partial charge in [-0.25, -0.2) is 0 Å². The molecule has 1 aliphatic heterocycles. The van der Waals surface area contributed by atoms with Crippen molar-refractivity contribution in [2.75, 3.05) is 82.1 Å². The molecule has 0 aromatic heterocycles. The molecule has 1 fully saturated rings. The Hall–Kier alpha value is -0.360. The van der Waals surface area contributed by atoms with Crippen LogP contribution in [0.3, 0.4) is 0 Å². The molecule has 0 spiro atoms. The Balaban J connectivity index is 0.000000920. The highest BCUT2D eigenvalue weighted by atomic mass is 16.9. The van der Waals surface area contributed by atoms with E-state index in [0.717, 1.165) is 71.4 Å². The molecule has 0 radical (unpaired) electrons. The van der Waals surface area contributed by atoms with E-state index in [4.69, 9.17) is 37.9 Å². The maximum absolute atomic E-state index is 5.65. The first kappa shape index (κ1) is 47.6. The lowest BCUT2D eigenvalue weighted by molar-refractivity contribution is -0.380. The number of nitrogens with zero attached hydrogens (tertiary/aromatic N) is 1. The summed E-state index contributed by atoms with van der Waals surface area (Å²) in [6, 6.07) is 0. The standard InChI is InChI=1S/C20H43NO3.C19H38O5/c1-7-10-11-12-13-14-16-19(20(22-4,23-5)24-6)17-15-18-21(8-2)9-3;1-5-6-7-8-9-10-12-17(19(20-2,21-3)22-4)13-11-14-23-15-18-16-24-18/h19H,7-18H2,1-6H3;17-18H,5-16H2,1-4H3. The van der Waals surface area contributed by atoms with Gasteiger partial charge in [0.25, 0.3) is 11.9 Å². The number of hydrogen-bond acceptors (Lipinski definition) is 9. The third-order valence-electron chi connectivity index (χ3n) is 9.99. The highest BCUT2D eigenvalue weighted by Gasteiger charge is 2.40. The number of epoxide rings is 1. The van der Waals surface area contributed by atoms with Crippen LogP contribution >= 0.6 is 0 Å². The molecule has 48 heavy (non-hydrogen) atoms. The van der Waals surface area contributed by atoms with Gasteiger partial charge in [0.15, 0.2) is 0 Å². The van der Waals surface area contributed by atoms with Crippen molar-refractivity contribution in [2.24, 2.45) is 11.8 Å². The highest BCUT2D eigenvalue weighted by Crippen LogP contribution is 2.33. The van der Waals surface area contributed by atoms with Crippen molar-refractivity contribution in [2.45, 2.75) is 161 Å². The predicted octanol–water partition coefficient (Wildman–Crippen LogP) is 9.21. The third kappa shape index (κ3) is 20.5. The first-order valence-electron chi connectivity index (χ1n) is 19.6. The summed E-state index contributed by atoms with van der Waals surface area (Å²) in [5.74, 6) is -1.35. The van der Waals surface area contributed by atoms with Crippen molar-refractivity contribution in [3.05, 3.63) is 0 Å². The summed E-state index contributed by atoms with van der Waals surface area (Å²) >= 11 is 0. The first-order valence-corrected chi connectivity index (χ1v) is 19.6. The van der Waals surface area contributed by atoms with Crippen LogP contribution in [0.2, 0.25) is 0 Å². The van der Waals surface area contributed by atoms with Crippen molar-refractivity contribution in [1.82, 2.24) is 4.90 Å². The molecule has 1 saturated heterocycles. The van der Waals surface area contributed by atoms with Crippen molar-refractivity contribution < 1.29 is 37.9 Å². The molecule has 290 valence electrons. The van der Waals surface area contributed by atoms with Crippen molar-refractivity contribution in [1.29, 1.82) is 0 Å². The van der Waals surface area contributed by atoms with E-state index in [0.29, 0.717) is 12.7 Å². The molecule has 0 N–H and O–H groups in total. The van der Waals surface area contributed by atoms with Crippen LogP contribution < -0.4 is 0 Å². The summed E-state index contributed by atoms with van der Waals surface area (Å²) in [5.41, 5.74) is 0. The topological polar surface area (TPSA) is 80.4 Å². The van der Waals surface area contributed by atoms with Crippen LogP contribution in [0.1, 0.15) is 143 Å². The van der Waals surface area contributed by atoms with Crippen molar-refractivity contribution >= 4 is 0 Å². The Kier molecular flexibility index (Phi) is 31.1. The van der Waals surface area contributed by atoms with Crippen LogP contribution in [-0.2, 0) is 37.9 Å². The van der Waals surface area contributed by atoms with Gasteiger partial charge in [0.05, 0.1) is 13.2 Å². The summed E-state index contributed by atoms with van der Waals surface area (Å²) in [6.45, 7) is 14.6. The van der Waals surface area contributed by atoms with Gasteiger partial charge in [-0.1, -0.05) is 105 Å². The van der Waals surface area contributed by atoms with Gasteiger partial charge < -0.3 is 42.8 Å². The SMILES string of the molecule is CCCCCCCCC(CCCN(CC)CC)C(OC)(OC)OC.CCCCCCCCC(CCCOCC1CO1)C(OC)(OC)OC. The zero-order valence-corrected chi connectivity index (χ0v) is 33.4. The molecule has 0 amide bonds. The number of rotatable bonds is 34. The summed E-state index contributed by atoms with van der Waals surface area (Å²) in [4.78, 5) is 2.47. The van der Waals surface area contributed by atoms with Crippen LogP contribution in [0.5, 0.6) is 0 Å². The average Bonchev–Trinajstić information content (AvgIpc) is 3.95. The summed E-state index contributed by atoms with van der Waals surface area (Å²) in [7, 11) is 10.0. The fraction of sp³-hybridized carbons (Fsp3) is 1.00. The number of methoxy groups -OCH3 is 6. The van der Waals surface area contributed by atoms with Crippen LogP contribution in [0.25, 0.3) is 0 Å². The van der Waals surface area contributed by atoms with Crippen LogP contribution in [0.4, 0.5) is 0 Å². The summed E-state index contributed by atoms with van der Waals surface area (Å²) in [6.07, 6.45) is 22.2. The van der Waals surface area contributed by atoms with Gasteiger partial charge >= 0.3 is 0 Å². The number of hydrogen-bond donors (Lipinski definition) is 0. The van der Waals surface area contributed by atoms with Gasteiger partial charge in [0.1, 0.15) is 6.10 Å². The number of ether oxygens (including phenoxy) is 8. The Morgan fingerprint density at radius 1 is 0.542 bits per heavy atom. The van der Waals surface area contributed by atoms with E-state index >= 15 is 0 Å². The lowest BCUT2D eigenvalue weighted by Crippen LogP contribution is -2.44. The Morgan fingerprint density at radius 2 is 0.917 bits per heavy atom. The zero-order chi connectivity index (χ0) is 35.9. The highest BCUT2D eigenvalue weighted by molar-refractivity contribution is 4.74. The maximum Gasteiger partial charge on any atom is 0.285 e.